The number of esters is 1. The number of aromatic amines is 1. The van der Waals surface area contributed by atoms with Crippen LogP contribution in [-0.2, 0) is 27.9 Å². The number of H-pyrrole nitrogens is 1. The maximum absolute atomic E-state index is 12.3. The number of carbonyl (C=O) groups is 1. The number of ether oxygens (including phenoxy) is 2. The average molecular weight is 420 g/mol. The van der Waals surface area contributed by atoms with E-state index in [-0.39, 0.29) is 18.8 Å². The van der Waals surface area contributed by atoms with Gasteiger partial charge in [-0.05, 0) is 18.2 Å². The summed E-state index contributed by atoms with van der Waals surface area (Å²) >= 11 is 0. The number of para-hydroxylation sites is 1. The number of hydrogen-bond donors (Lipinski definition) is 2. The van der Waals surface area contributed by atoms with E-state index in [1.165, 1.54) is 18.1 Å². The molecule has 10 nitrogen and oxygen atoms in total. The Morgan fingerprint density at radius 2 is 2.03 bits per heavy atom. The van der Waals surface area contributed by atoms with Gasteiger partial charge in [0.25, 0.3) is 5.56 Å². The quantitative estimate of drug-likeness (QED) is 0.436. The van der Waals surface area contributed by atoms with Gasteiger partial charge < -0.3 is 19.9 Å². The minimum atomic E-state index is -0.445. The van der Waals surface area contributed by atoms with E-state index in [2.05, 4.69) is 30.1 Å². The molecular formula is C21H20N6O4. The van der Waals surface area contributed by atoms with E-state index in [1.807, 2.05) is 24.3 Å². The van der Waals surface area contributed by atoms with Crippen molar-refractivity contribution >= 4 is 28.5 Å². The lowest BCUT2D eigenvalue weighted by Gasteiger charge is -2.13. The lowest BCUT2D eigenvalue weighted by Crippen LogP contribution is -2.13. The molecule has 0 bridgehead atoms. The predicted molar refractivity (Wildman–Crippen MR) is 114 cm³/mol. The molecule has 0 saturated heterocycles. The second-order valence-corrected chi connectivity index (χ2v) is 6.69. The van der Waals surface area contributed by atoms with Crippen LogP contribution in [0.25, 0.3) is 22.3 Å². The molecule has 10 heteroatoms. The summed E-state index contributed by atoms with van der Waals surface area (Å²) in [6.45, 7) is 0.0666. The number of hydrogen-bond acceptors (Lipinski definition) is 8. The van der Waals surface area contributed by atoms with Gasteiger partial charge in [0.2, 0.25) is 0 Å². The Labute approximate surface area is 176 Å². The van der Waals surface area contributed by atoms with Crippen molar-refractivity contribution in [1.29, 1.82) is 0 Å². The topological polar surface area (TPSA) is 124 Å². The highest BCUT2D eigenvalue weighted by atomic mass is 16.6. The highest BCUT2D eigenvalue weighted by molar-refractivity contribution is 5.88. The van der Waals surface area contributed by atoms with Crippen LogP contribution in [0.4, 0.5) is 11.5 Å². The molecule has 31 heavy (non-hydrogen) atoms. The Bertz CT molecular complexity index is 1300. The van der Waals surface area contributed by atoms with Crippen molar-refractivity contribution in [2.45, 2.75) is 6.61 Å². The second kappa shape index (κ2) is 8.76. The van der Waals surface area contributed by atoms with Gasteiger partial charge in [-0.1, -0.05) is 18.2 Å². The van der Waals surface area contributed by atoms with Crippen LogP contribution >= 0.6 is 0 Å². The first-order chi connectivity index (χ1) is 15.1. The van der Waals surface area contributed by atoms with E-state index in [0.717, 1.165) is 11.3 Å². The van der Waals surface area contributed by atoms with Gasteiger partial charge in [-0.2, -0.15) is 0 Å². The van der Waals surface area contributed by atoms with E-state index < -0.39 is 5.97 Å². The van der Waals surface area contributed by atoms with Gasteiger partial charge in [0.15, 0.2) is 5.82 Å². The van der Waals surface area contributed by atoms with Gasteiger partial charge in [0.1, 0.15) is 18.5 Å². The van der Waals surface area contributed by atoms with Crippen LogP contribution in [0.5, 0.6) is 0 Å². The minimum absolute atomic E-state index is 0.141. The third-order valence-corrected chi connectivity index (χ3v) is 4.67. The standard InChI is InChI=1S/C21H20N6O4/c1-27-21(29)14(9-24-27)16-7-8-17-19(25-16)20(23-12-22-17)26-15-6-4-3-5-13(15)10-31-11-18(28)30-2/h3-9,12,24H,10-11H2,1-2H3,(H,22,23,26). The van der Waals surface area contributed by atoms with Crippen molar-refractivity contribution in [2.24, 2.45) is 7.05 Å². The Hall–Kier alpha value is -4.05. The lowest BCUT2D eigenvalue weighted by atomic mass is 10.2. The van der Waals surface area contributed by atoms with Gasteiger partial charge in [0.05, 0.1) is 30.5 Å². The number of nitrogens with one attached hydrogen (secondary N) is 2. The van der Waals surface area contributed by atoms with Gasteiger partial charge in [0, 0.05) is 24.5 Å². The van der Waals surface area contributed by atoms with Crippen molar-refractivity contribution in [3.05, 3.63) is 64.8 Å². The summed E-state index contributed by atoms with van der Waals surface area (Å²) in [5.41, 5.74) is 3.52. The summed E-state index contributed by atoms with van der Waals surface area (Å²) in [5, 5.41) is 6.11. The summed E-state index contributed by atoms with van der Waals surface area (Å²) in [5.74, 6) is 0.0412. The summed E-state index contributed by atoms with van der Waals surface area (Å²) < 4.78 is 11.4. The largest absolute Gasteiger partial charge is 0.467 e. The first kappa shape index (κ1) is 20.2. The van der Waals surface area contributed by atoms with Crippen molar-refractivity contribution in [2.75, 3.05) is 19.0 Å². The molecule has 4 rings (SSSR count). The van der Waals surface area contributed by atoms with Gasteiger partial charge >= 0.3 is 5.97 Å². The molecular weight excluding hydrogens is 400 g/mol. The van der Waals surface area contributed by atoms with Crippen LogP contribution in [0, 0.1) is 0 Å². The number of rotatable bonds is 7. The number of pyridine rings is 1. The van der Waals surface area contributed by atoms with E-state index in [1.54, 1.807) is 25.4 Å². The summed E-state index contributed by atoms with van der Waals surface area (Å²) in [4.78, 5) is 36.8. The first-order valence-corrected chi connectivity index (χ1v) is 9.43. The molecule has 0 aliphatic heterocycles. The zero-order chi connectivity index (χ0) is 21.8. The monoisotopic (exact) mass is 420 g/mol. The predicted octanol–water partition coefficient (Wildman–Crippen LogP) is 2.15. The van der Waals surface area contributed by atoms with Gasteiger partial charge in [-0.15, -0.1) is 0 Å². The summed E-state index contributed by atoms with van der Waals surface area (Å²) in [6.07, 6.45) is 3.05. The highest BCUT2D eigenvalue weighted by Gasteiger charge is 2.13. The van der Waals surface area contributed by atoms with Crippen molar-refractivity contribution in [3.8, 4) is 11.3 Å². The number of carbonyl (C=O) groups excluding carboxylic acids is 1. The number of aryl methyl sites for hydroxylation is 1. The molecule has 0 radical (unpaired) electrons. The van der Waals surface area contributed by atoms with E-state index in [9.17, 15) is 9.59 Å². The molecule has 0 aliphatic rings. The number of methoxy groups -OCH3 is 1. The van der Waals surface area contributed by atoms with Crippen molar-refractivity contribution in [3.63, 3.8) is 0 Å². The molecule has 0 unspecified atom stereocenters. The summed E-state index contributed by atoms with van der Waals surface area (Å²) in [7, 11) is 2.95. The Balaban J connectivity index is 1.66. The molecule has 3 heterocycles. The fraction of sp³-hybridized carbons (Fsp3) is 0.190. The van der Waals surface area contributed by atoms with E-state index in [4.69, 9.17) is 4.74 Å². The number of aromatic nitrogens is 5. The third kappa shape index (κ3) is 4.28. The molecule has 0 saturated carbocycles. The van der Waals surface area contributed by atoms with Gasteiger partial charge in [-0.25, -0.2) is 19.7 Å². The molecule has 4 aromatic rings. The van der Waals surface area contributed by atoms with Crippen LogP contribution < -0.4 is 10.9 Å². The number of nitrogens with zero attached hydrogens (tertiary/aromatic N) is 4. The summed E-state index contributed by atoms with van der Waals surface area (Å²) in [6, 6.07) is 11.0. The Kier molecular flexibility index (Phi) is 5.72. The molecule has 0 aliphatic carbocycles. The van der Waals surface area contributed by atoms with Crippen LogP contribution in [0.1, 0.15) is 5.56 Å². The molecule has 0 amide bonds. The van der Waals surface area contributed by atoms with E-state index in [0.29, 0.717) is 28.1 Å². The molecule has 1 aromatic carbocycles. The SMILES string of the molecule is COC(=O)COCc1ccccc1Nc1ncnc2ccc(-c3c[nH]n(C)c3=O)nc12. The third-order valence-electron chi connectivity index (χ3n) is 4.67. The van der Waals surface area contributed by atoms with Crippen LogP contribution in [-0.4, -0.2) is 44.4 Å². The Morgan fingerprint density at radius 1 is 1.19 bits per heavy atom. The fourth-order valence-electron chi connectivity index (χ4n) is 3.03. The number of fused-ring (bicyclic) bond motifs is 1. The minimum Gasteiger partial charge on any atom is -0.467 e. The molecule has 0 fully saturated rings. The molecule has 2 N–H and O–H groups in total. The van der Waals surface area contributed by atoms with Crippen molar-refractivity contribution < 1.29 is 14.3 Å². The first-order valence-electron chi connectivity index (χ1n) is 9.43. The average Bonchev–Trinajstić information content (AvgIpc) is 3.13. The van der Waals surface area contributed by atoms with Crippen LogP contribution in [0.3, 0.4) is 0 Å². The van der Waals surface area contributed by atoms with Crippen LogP contribution in [0.2, 0.25) is 0 Å². The zero-order valence-corrected chi connectivity index (χ0v) is 17.0. The molecule has 0 atom stereocenters. The number of benzene rings is 1. The highest BCUT2D eigenvalue weighted by Crippen LogP contribution is 2.26. The Morgan fingerprint density at radius 3 is 2.81 bits per heavy atom. The second-order valence-electron chi connectivity index (χ2n) is 6.69. The maximum atomic E-state index is 12.3. The zero-order valence-electron chi connectivity index (χ0n) is 17.0. The molecule has 158 valence electrons. The lowest BCUT2D eigenvalue weighted by molar-refractivity contribution is -0.146. The smallest absolute Gasteiger partial charge is 0.331 e. The van der Waals surface area contributed by atoms with E-state index >= 15 is 0 Å². The van der Waals surface area contributed by atoms with Gasteiger partial charge in [-0.3, -0.25) is 9.48 Å². The fourth-order valence-corrected chi connectivity index (χ4v) is 3.03. The van der Waals surface area contributed by atoms with Crippen molar-refractivity contribution in [1.82, 2.24) is 24.7 Å². The molecule has 3 aromatic heterocycles. The maximum Gasteiger partial charge on any atom is 0.331 e. The number of anilines is 2. The van der Waals surface area contributed by atoms with Crippen LogP contribution in [0.15, 0.2) is 53.7 Å². The molecule has 0 spiro atoms. The normalized spacial score (nSPS) is 10.9.